The van der Waals surface area contributed by atoms with Gasteiger partial charge in [0.15, 0.2) is 0 Å². The van der Waals surface area contributed by atoms with Crippen LogP contribution in [0.4, 0.5) is 5.69 Å². The van der Waals surface area contributed by atoms with Gasteiger partial charge in [-0.2, -0.15) is 0 Å². The number of aliphatic hydroxyl groups is 1. The van der Waals surface area contributed by atoms with E-state index < -0.39 is 0 Å². The number of halogens is 1. The molecule has 0 atom stereocenters. The number of anilines is 1. The SMILES string of the molecule is Cl.Nc1ccncc1CO. The van der Waals surface area contributed by atoms with Gasteiger partial charge in [0.1, 0.15) is 0 Å². The Bertz CT molecular complexity index is 205. The zero-order valence-corrected chi connectivity index (χ0v) is 6.14. The van der Waals surface area contributed by atoms with Crippen LogP contribution in [0, 0.1) is 0 Å². The molecule has 0 fully saturated rings. The lowest BCUT2D eigenvalue weighted by Crippen LogP contribution is -1.93. The first-order valence-corrected chi connectivity index (χ1v) is 2.64. The molecule has 0 bridgehead atoms. The summed E-state index contributed by atoms with van der Waals surface area (Å²) >= 11 is 0. The predicted octanol–water partition coefficient (Wildman–Crippen LogP) is 0.578. The van der Waals surface area contributed by atoms with Crippen molar-refractivity contribution in [3.05, 3.63) is 24.0 Å². The fraction of sp³-hybridized carbons (Fsp3) is 0.167. The van der Waals surface area contributed by atoms with E-state index in [0.717, 1.165) is 0 Å². The van der Waals surface area contributed by atoms with Crippen molar-refractivity contribution in [2.45, 2.75) is 6.61 Å². The lowest BCUT2D eigenvalue weighted by atomic mass is 10.2. The molecular formula is C6H9ClN2O. The number of nitrogens with two attached hydrogens (primary N) is 1. The number of aliphatic hydroxyl groups excluding tert-OH is 1. The number of hydrogen-bond acceptors (Lipinski definition) is 3. The molecule has 0 aliphatic heterocycles. The third-order valence-corrected chi connectivity index (χ3v) is 1.11. The van der Waals surface area contributed by atoms with Gasteiger partial charge >= 0.3 is 0 Å². The Morgan fingerprint density at radius 2 is 2.30 bits per heavy atom. The minimum atomic E-state index is -0.0420. The first kappa shape index (κ1) is 9.20. The van der Waals surface area contributed by atoms with Crippen LogP contribution in [0.5, 0.6) is 0 Å². The average Bonchev–Trinajstić information content (AvgIpc) is 1.89. The first-order chi connectivity index (χ1) is 4.34. The monoisotopic (exact) mass is 160 g/mol. The Hall–Kier alpha value is -0.800. The minimum absolute atomic E-state index is 0. The second-order valence-corrected chi connectivity index (χ2v) is 1.73. The van der Waals surface area contributed by atoms with Crippen molar-refractivity contribution in [2.24, 2.45) is 0 Å². The third-order valence-electron chi connectivity index (χ3n) is 1.11. The summed E-state index contributed by atoms with van der Waals surface area (Å²) in [6.07, 6.45) is 3.14. The number of nitrogen functional groups attached to an aromatic ring is 1. The highest BCUT2D eigenvalue weighted by Gasteiger charge is 1.92. The maximum atomic E-state index is 8.60. The number of rotatable bonds is 1. The van der Waals surface area contributed by atoms with Crippen LogP contribution in [0.25, 0.3) is 0 Å². The standard InChI is InChI=1S/C6H8N2O.ClH/c7-6-1-2-8-3-5(6)4-9;/h1-3,9H,4H2,(H2,7,8);1H. The summed E-state index contributed by atoms with van der Waals surface area (Å²) in [5.41, 5.74) is 6.70. The molecule has 0 unspecified atom stereocenters. The van der Waals surface area contributed by atoms with Gasteiger partial charge in [-0.15, -0.1) is 12.4 Å². The fourth-order valence-electron chi connectivity index (χ4n) is 0.570. The predicted molar refractivity (Wildman–Crippen MR) is 41.8 cm³/mol. The second kappa shape index (κ2) is 4.09. The second-order valence-electron chi connectivity index (χ2n) is 1.73. The Labute approximate surface area is 65.3 Å². The van der Waals surface area contributed by atoms with Crippen molar-refractivity contribution in [1.29, 1.82) is 0 Å². The number of hydrogen-bond donors (Lipinski definition) is 2. The molecule has 0 radical (unpaired) electrons. The van der Waals surface area contributed by atoms with E-state index in [2.05, 4.69) is 4.98 Å². The maximum absolute atomic E-state index is 8.60. The van der Waals surface area contributed by atoms with Gasteiger partial charge < -0.3 is 10.8 Å². The summed E-state index contributed by atoms with van der Waals surface area (Å²) in [4.78, 5) is 3.78. The molecule has 3 nitrogen and oxygen atoms in total. The van der Waals surface area contributed by atoms with Crippen LogP contribution >= 0.6 is 12.4 Å². The van der Waals surface area contributed by atoms with Crippen LogP contribution in [-0.2, 0) is 6.61 Å². The van der Waals surface area contributed by atoms with Crippen LogP contribution in [0.15, 0.2) is 18.5 Å². The Morgan fingerprint density at radius 3 is 2.70 bits per heavy atom. The zero-order valence-electron chi connectivity index (χ0n) is 5.32. The van der Waals surface area contributed by atoms with E-state index in [1.54, 1.807) is 18.5 Å². The molecule has 56 valence electrons. The van der Waals surface area contributed by atoms with Crippen molar-refractivity contribution >= 4 is 18.1 Å². The molecule has 10 heavy (non-hydrogen) atoms. The number of pyridine rings is 1. The topological polar surface area (TPSA) is 59.1 Å². The molecule has 0 spiro atoms. The molecule has 0 aromatic carbocycles. The summed E-state index contributed by atoms with van der Waals surface area (Å²) in [6, 6.07) is 1.66. The summed E-state index contributed by atoms with van der Waals surface area (Å²) in [5.74, 6) is 0. The highest BCUT2D eigenvalue weighted by atomic mass is 35.5. The summed E-state index contributed by atoms with van der Waals surface area (Å²) in [5, 5.41) is 8.60. The molecule has 0 saturated carbocycles. The van der Waals surface area contributed by atoms with Gasteiger partial charge in [-0.25, -0.2) is 0 Å². The summed E-state index contributed by atoms with van der Waals surface area (Å²) in [6.45, 7) is -0.0420. The van der Waals surface area contributed by atoms with Gasteiger partial charge in [0.05, 0.1) is 6.61 Å². The molecule has 1 rings (SSSR count). The molecule has 0 aliphatic rings. The van der Waals surface area contributed by atoms with E-state index in [9.17, 15) is 0 Å². The quantitative estimate of drug-likeness (QED) is 0.632. The highest BCUT2D eigenvalue weighted by Crippen LogP contribution is 2.06. The van der Waals surface area contributed by atoms with E-state index in [4.69, 9.17) is 10.8 Å². The fourth-order valence-corrected chi connectivity index (χ4v) is 0.570. The highest BCUT2D eigenvalue weighted by molar-refractivity contribution is 5.85. The molecule has 4 heteroatoms. The minimum Gasteiger partial charge on any atom is -0.398 e. The van der Waals surface area contributed by atoms with Gasteiger partial charge in [-0.05, 0) is 6.07 Å². The Balaban J connectivity index is 0.000000810. The lowest BCUT2D eigenvalue weighted by molar-refractivity contribution is 0.282. The molecule has 1 heterocycles. The van der Waals surface area contributed by atoms with Crippen LogP contribution in [0.1, 0.15) is 5.56 Å². The molecule has 0 aliphatic carbocycles. The van der Waals surface area contributed by atoms with E-state index in [0.29, 0.717) is 11.3 Å². The molecule has 0 amide bonds. The Kier molecular flexibility index (Phi) is 3.76. The van der Waals surface area contributed by atoms with Crippen molar-refractivity contribution in [1.82, 2.24) is 4.98 Å². The maximum Gasteiger partial charge on any atom is 0.0717 e. The van der Waals surface area contributed by atoms with Crippen LogP contribution < -0.4 is 5.73 Å². The van der Waals surface area contributed by atoms with E-state index in [1.165, 1.54) is 0 Å². The van der Waals surface area contributed by atoms with Crippen molar-refractivity contribution < 1.29 is 5.11 Å². The van der Waals surface area contributed by atoms with Crippen molar-refractivity contribution in [3.63, 3.8) is 0 Å². The summed E-state index contributed by atoms with van der Waals surface area (Å²) in [7, 11) is 0. The van der Waals surface area contributed by atoms with Crippen LogP contribution in [0.3, 0.4) is 0 Å². The van der Waals surface area contributed by atoms with Crippen molar-refractivity contribution in [2.75, 3.05) is 5.73 Å². The zero-order chi connectivity index (χ0) is 6.69. The normalized spacial score (nSPS) is 8.50. The van der Waals surface area contributed by atoms with Crippen molar-refractivity contribution in [3.8, 4) is 0 Å². The number of nitrogens with zero attached hydrogens (tertiary/aromatic N) is 1. The van der Waals surface area contributed by atoms with Gasteiger partial charge in [0.25, 0.3) is 0 Å². The van der Waals surface area contributed by atoms with Gasteiger partial charge in [-0.1, -0.05) is 0 Å². The summed E-state index contributed by atoms with van der Waals surface area (Å²) < 4.78 is 0. The average molecular weight is 161 g/mol. The smallest absolute Gasteiger partial charge is 0.0717 e. The van der Waals surface area contributed by atoms with Crippen LogP contribution in [0.2, 0.25) is 0 Å². The lowest BCUT2D eigenvalue weighted by Gasteiger charge is -1.97. The largest absolute Gasteiger partial charge is 0.398 e. The van der Waals surface area contributed by atoms with Gasteiger partial charge in [-0.3, -0.25) is 4.98 Å². The first-order valence-electron chi connectivity index (χ1n) is 2.64. The molecular weight excluding hydrogens is 152 g/mol. The molecule has 1 aromatic heterocycles. The molecule has 1 aromatic rings. The number of aromatic nitrogens is 1. The third kappa shape index (κ3) is 1.86. The molecule has 3 N–H and O–H groups in total. The van der Waals surface area contributed by atoms with Gasteiger partial charge in [0, 0.05) is 23.6 Å². The van der Waals surface area contributed by atoms with E-state index in [-0.39, 0.29) is 19.0 Å². The molecule has 0 saturated heterocycles. The van der Waals surface area contributed by atoms with E-state index >= 15 is 0 Å². The Morgan fingerprint density at radius 1 is 1.60 bits per heavy atom. The van der Waals surface area contributed by atoms with Crippen LogP contribution in [-0.4, -0.2) is 10.1 Å². The van der Waals surface area contributed by atoms with Gasteiger partial charge in [0.2, 0.25) is 0 Å². The van der Waals surface area contributed by atoms with E-state index in [1.807, 2.05) is 0 Å².